The van der Waals surface area contributed by atoms with Gasteiger partial charge in [0.05, 0.1) is 15.5 Å². The Labute approximate surface area is 216 Å². The van der Waals surface area contributed by atoms with Crippen molar-refractivity contribution in [3.8, 4) is 0 Å². The van der Waals surface area contributed by atoms with Gasteiger partial charge in [0, 0.05) is 36.9 Å². The van der Waals surface area contributed by atoms with E-state index >= 15 is 0 Å². The number of anilines is 2. The maximum Gasteiger partial charge on any atom is 0.264 e. The van der Waals surface area contributed by atoms with Crippen molar-refractivity contribution in [1.29, 1.82) is 0 Å². The molecule has 4 rings (SSSR count). The summed E-state index contributed by atoms with van der Waals surface area (Å²) in [5.41, 5.74) is 2.71. The number of aryl methyl sites for hydroxylation is 2. The van der Waals surface area contributed by atoms with Gasteiger partial charge in [-0.15, -0.1) is 0 Å². The van der Waals surface area contributed by atoms with Gasteiger partial charge in [-0.05, 0) is 85.5 Å². The van der Waals surface area contributed by atoms with Crippen LogP contribution in [0, 0.1) is 6.92 Å². The Kier molecular flexibility index (Phi) is 7.16. The third-order valence-electron chi connectivity index (χ3n) is 6.06. The molecule has 0 aliphatic carbocycles. The van der Waals surface area contributed by atoms with Crippen LogP contribution >= 0.6 is 11.6 Å². The molecule has 0 radical (unpaired) electrons. The molecule has 36 heavy (non-hydrogen) atoms. The summed E-state index contributed by atoms with van der Waals surface area (Å²) in [4.78, 5) is 13.3. The molecule has 0 saturated heterocycles. The summed E-state index contributed by atoms with van der Waals surface area (Å²) in [7, 11) is -4.57. The summed E-state index contributed by atoms with van der Waals surface area (Å²) in [6.45, 7) is 2.10. The number of halogens is 1. The molecule has 0 unspecified atom stereocenters. The fraction of sp³-hybridized carbons (Fsp3) is 0.240. The van der Waals surface area contributed by atoms with E-state index in [4.69, 9.17) is 11.6 Å². The van der Waals surface area contributed by atoms with E-state index in [1.165, 1.54) is 54.8 Å². The van der Waals surface area contributed by atoms with Crippen molar-refractivity contribution >= 4 is 48.9 Å². The number of sulfonamides is 2. The molecular formula is C25H26ClN3O5S2. The van der Waals surface area contributed by atoms with Crippen LogP contribution in [0.3, 0.4) is 0 Å². The molecule has 1 aliphatic heterocycles. The van der Waals surface area contributed by atoms with E-state index in [2.05, 4.69) is 5.32 Å². The van der Waals surface area contributed by atoms with Gasteiger partial charge in [0.2, 0.25) is 10.0 Å². The van der Waals surface area contributed by atoms with Crippen molar-refractivity contribution in [2.75, 3.05) is 30.3 Å². The number of hydrogen-bond donors (Lipinski definition) is 1. The van der Waals surface area contributed by atoms with Gasteiger partial charge in [0.25, 0.3) is 15.9 Å². The van der Waals surface area contributed by atoms with Crippen LogP contribution in [-0.2, 0) is 26.5 Å². The summed E-state index contributed by atoms with van der Waals surface area (Å²) in [5, 5.41) is 3.24. The molecule has 1 aliphatic rings. The lowest BCUT2D eigenvalue weighted by molar-refractivity contribution is 0.102. The normalized spacial score (nSPS) is 14.0. The molecule has 1 amide bonds. The Balaban J connectivity index is 1.62. The monoisotopic (exact) mass is 547 g/mol. The van der Waals surface area contributed by atoms with Crippen LogP contribution in [0.1, 0.15) is 27.9 Å². The zero-order chi connectivity index (χ0) is 26.3. The lowest BCUT2D eigenvalue weighted by Crippen LogP contribution is -2.35. The number of amides is 1. The van der Waals surface area contributed by atoms with Crippen LogP contribution in [0.5, 0.6) is 0 Å². The third-order valence-corrected chi connectivity index (χ3v) is 9.95. The number of carbonyl (C=O) groups excluding carboxylic acids is 1. The smallest absolute Gasteiger partial charge is 0.264 e. The number of fused-ring (bicyclic) bond motifs is 1. The van der Waals surface area contributed by atoms with Crippen molar-refractivity contribution in [3.05, 3.63) is 82.4 Å². The molecule has 0 atom stereocenters. The average molecular weight is 548 g/mol. The zero-order valence-corrected chi connectivity index (χ0v) is 22.4. The molecular weight excluding hydrogens is 522 g/mol. The van der Waals surface area contributed by atoms with Crippen LogP contribution in [-0.4, -0.2) is 47.7 Å². The standard InChI is InChI=1S/C25H26ClN3O5S2/c1-17-6-10-22(35(31,32)28(2)3)16-23(17)27-25(30)19-7-13-24-18(15-19)5-4-14-29(24)36(33,34)21-11-8-20(26)9-12-21/h6-13,15-16H,4-5,14H2,1-3H3,(H,27,30). The van der Waals surface area contributed by atoms with E-state index in [-0.39, 0.29) is 9.79 Å². The maximum atomic E-state index is 13.3. The van der Waals surface area contributed by atoms with E-state index in [0.717, 1.165) is 9.87 Å². The Morgan fingerprint density at radius 1 is 0.944 bits per heavy atom. The highest BCUT2D eigenvalue weighted by molar-refractivity contribution is 7.92. The summed E-state index contributed by atoms with van der Waals surface area (Å²) in [6.07, 6.45) is 1.23. The first kappa shape index (κ1) is 26.2. The second-order valence-electron chi connectivity index (χ2n) is 8.70. The molecule has 1 heterocycles. The van der Waals surface area contributed by atoms with Crippen LogP contribution in [0.25, 0.3) is 0 Å². The van der Waals surface area contributed by atoms with Crippen molar-refractivity contribution < 1.29 is 21.6 Å². The molecule has 0 aromatic heterocycles. The molecule has 0 bridgehead atoms. The van der Waals surface area contributed by atoms with Gasteiger partial charge in [0.1, 0.15) is 0 Å². The summed E-state index contributed by atoms with van der Waals surface area (Å²) in [6, 6.07) is 15.5. The van der Waals surface area contributed by atoms with Crippen molar-refractivity contribution in [2.24, 2.45) is 0 Å². The molecule has 8 nitrogen and oxygen atoms in total. The minimum atomic E-state index is -3.79. The lowest BCUT2D eigenvalue weighted by Gasteiger charge is -2.30. The highest BCUT2D eigenvalue weighted by Crippen LogP contribution is 2.33. The Morgan fingerprint density at radius 2 is 1.61 bits per heavy atom. The Hall–Kier alpha value is -2.92. The van der Waals surface area contributed by atoms with Crippen LogP contribution in [0.15, 0.2) is 70.5 Å². The van der Waals surface area contributed by atoms with E-state index in [0.29, 0.717) is 46.9 Å². The maximum absolute atomic E-state index is 13.3. The predicted octanol–water partition coefficient (Wildman–Crippen LogP) is 4.29. The van der Waals surface area contributed by atoms with E-state index in [1.54, 1.807) is 31.2 Å². The SMILES string of the molecule is Cc1ccc(S(=O)(=O)N(C)C)cc1NC(=O)c1ccc2c(c1)CCCN2S(=O)(=O)c1ccc(Cl)cc1. The minimum Gasteiger partial charge on any atom is -0.322 e. The van der Waals surface area contributed by atoms with Gasteiger partial charge in [-0.1, -0.05) is 17.7 Å². The summed E-state index contributed by atoms with van der Waals surface area (Å²) >= 11 is 5.91. The van der Waals surface area contributed by atoms with Gasteiger partial charge in [0.15, 0.2) is 0 Å². The topological polar surface area (TPSA) is 104 Å². The number of rotatable bonds is 6. The summed E-state index contributed by atoms with van der Waals surface area (Å²) < 4.78 is 54.0. The number of carbonyl (C=O) groups is 1. The van der Waals surface area contributed by atoms with E-state index in [1.807, 2.05) is 0 Å². The van der Waals surface area contributed by atoms with Gasteiger partial charge >= 0.3 is 0 Å². The van der Waals surface area contributed by atoms with E-state index in [9.17, 15) is 21.6 Å². The number of nitrogens with one attached hydrogen (secondary N) is 1. The van der Waals surface area contributed by atoms with Crippen molar-refractivity contribution in [1.82, 2.24) is 4.31 Å². The fourth-order valence-electron chi connectivity index (χ4n) is 3.99. The molecule has 3 aromatic rings. The average Bonchev–Trinajstić information content (AvgIpc) is 2.84. The number of hydrogen-bond acceptors (Lipinski definition) is 5. The second kappa shape index (κ2) is 9.85. The molecule has 1 N–H and O–H groups in total. The molecule has 3 aromatic carbocycles. The zero-order valence-electron chi connectivity index (χ0n) is 20.0. The third kappa shape index (κ3) is 4.99. The van der Waals surface area contributed by atoms with Crippen LogP contribution < -0.4 is 9.62 Å². The molecule has 190 valence electrons. The second-order valence-corrected chi connectivity index (χ2v) is 13.1. The molecule has 0 fully saturated rings. The van der Waals surface area contributed by atoms with Crippen molar-refractivity contribution in [3.63, 3.8) is 0 Å². The van der Waals surface area contributed by atoms with Gasteiger partial charge in [-0.2, -0.15) is 0 Å². The molecule has 11 heteroatoms. The van der Waals surface area contributed by atoms with Crippen molar-refractivity contribution in [2.45, 2.75) is 29.6 Å². The number of nitrogens with zero attached hydrogens (tertiary/aromatic N) is 2. The first-order chi connectivity index (χ1) is 16.9. The largest absolute Gasteiger partial charge is 0.322 e. The quantitative estimate of drug-likeness (QED) is 0.496. The van der Waals surface area contributed by atoms with Gasteiger partial charge < -0.3 is 5.32 Å². The summed E-state index contributed by atoms with van der Waals surface area (Å²) in [5.74, 6) is -0.419. The van der Waals surface area contributed by atoms with E-state index < -0.39 is 26.0 Å². The number of benzene rings is 3. The first-order valence-electron chi connectivity index (χ1n) is 11.2. The highest BCUT2D eigenvalue weighted by Gasteiger charge is 2.29. The van der Waals surface area contributed by atoms with Crippen LogP contribution in [0.2, 0.25) is 5.02 Å². The van der Waals surface area contributed by atoms with Crippen LogP contribution in [0.4, 0.5) is 11.4 Å². The minimum absolute atomic E-state index is 0.0712. The Bertz CT molecular complexity index is 1540. The Morgan fingerprint density at radius 3 is 2.28 bits per heavy atom. The van der Waals surface area contributed by atoms with Gasteiger partial charge in [-0.25, -0.2) is 21.1 Å². The lowest BCUT2D eigenvalue weighted by atomic mass is 10.0. The molecule has 0 spiro atoms. The molecule has 0 saturated carbocycles. The van der Waals surface area contributed by atoms with Gasteiger partial charge in [-0.3, -0.25) is 9.10 Å². The first-order valence-corrected chi connectivity index (χ1v) is 14.4. The predicted molar refractivity (Wildman–Crippen MR) is 141 cm³/mol. The highest BCUT2D eigenvalue weighted by atomic mass is 35.5. The fourth-order valence-corrected chi connectivity index (χ4v) is 6.58.